The van der Waals surface area contributed by atoms with E-state index in [-0.39, 0.29) is 0 Å². The van der Waals surface area contributed by atoms with Crippen LogP contribution < -0.4 is 5.73 Å². The van der Waals surface area contributed by atoms with Gasteiger partial charge in [-0.05, 0) is 48.6 Å². The average molecular weight is 266 g/mol. The Morgan fingerprint density at radius 2 is 1.80 bits per heavy atom. The van der Waals surface area contributed by atoms with Crippen molar-refractivity contribution in [2.24, 2.45) is 5.92 Å². The van der Waals surface area contributed by atoms with E-state index >= 15 is 0 Å². The van der Waals surface area contributed by atoms with Gasteiger partial charge in [0.2, 0.25) is 0 Å². The van der Waals surface area contributed by atoms with E-state index in [1.54, 1.807) is 0 Å². The molecule has 20 heavy (non-hydrogen) atoms. The largest absolute Gasteiger partial charge is 0.399 e. The highest BCUT2D eigenvalue weighted by atomic mass is 15.1. The van der Waals surface area contributed by atoms with E-state index in [0.717, 1.165) is 18.2 Å². The maximum absolute atomic E-state index is 5.84. The van der Waals surface area contributed by atoms with E-state index in [0.29, 0.717) is 0 Å². The smallest absolute Gasteiger partial charge is 0.0317 e. The van der Waals surface area contributed by atoms with Gasteiger partial charge >= 0.3 is 0 Å². The zero-order valence-electron chi connectivity index (χ0n) is 11.8. The number of likely N-dealkylation sites (tertiary alicyclic amines) is 1. The molecule has 1 atom stereocenters. The standard InChI is InChI=1S/C18H22N2/c19-18-8-4-7-16(12-18)13-20-10-9-17(14-20)11-15-5-2-1-3-6-15/h1-8,12,17H,9-11,13-14,19H2. The Hall–Kier alpha value is -1.80. The molecular weight excluding hydrogens is 244 g/mol. The first-order valence-electron chi connectivity index (χ1n) is 7.40. The summed E-state index contributed by atoms with van der Waals surface area (Å²) in [6.45, 7) is 3.42. The SMILES string of the molecule is Nc1cccc(CN2CCC(Cc3ccccc3)C2)c1. The molecule has 2 aromatic rings. The van der Waals surface area contributed by atoms with Crippen molar-refractivity contribution in [2.45, 2.75) is 19.4 Å². The third kappa shape index (κ3) is 3.40. The first kappa shape index (κ1) is 13.2. The van der Waals surface area contributed by atoms with Gasteiger partial charge in [0, 0.05) is 18.8 Å². The summed E-state index contributed by atoms with van der Waals surface area (Å²) in [5.74, 6) is 0.790. The molecule has 1 aliphatic heterocycles. The second-order valence-electron chi connectivity index (χ2n) is 5.82. The fourth-order valence-corrected chi connectivity index (χ4v) is 3.12. The lowest BCUT2D eigenvalue weighted by Gasteiger charge is -2.16. The van der Waals surface area contributed by atoms with Crippen molar-refractivity contribution in [3.63, 3.8) is 0 Å². The molecule has 2 heteroatoms. The third-order valence-electron chi connectivity index (χ3n) is 4.09. The molecule has 0 amide bonds. The zero-order valence-corrected chi connectivity index (χ0v) is 11.8. The number of nitrogens with zero attached hydrogens (tertiary/aromatic N) is 1. The molecule has 1 fully saturated rings. The highest BCUT2D eigenvalue weighted by molar-refractivity contribution is 5.40. The Balaban J connectivity index is 1.54. The first-order valence-corrected chi connectivity index (χ1v) is 7.40. The van der Waals surface area contributed by atoms with Crippen molar-refractivity contribution >= 4 is 5.69 Å². The van der Waals surface area contributed by atoms with Gasteiger partial charge in [-0.1, -0.05) is 42.5 Å². The van der Waals surface area contributed by atoms with Crippen LogP contribution in [0.15, 0.2) is 54.6 Å². The van der Waals surface area contributed by atoms with Gasteiger partial charge in [-0.25, -0.2) is 0 Å². The molecule has 2 nitrogen and oxygen atoms in total. The van der Waals surface area contributed by atoms with Crippen molar-refractivity contribution in [3.8, 4) is 0 Å². The van der Waals surface area contributed by atoms with Gasteiger partial charge in [-0.2, -0.15) is 0 Å². The monoisotopic (exact) mass is 266 g/mol. The van der Waals surface area contributed by atoms with E-state index in [2.05, 4.69) is 47.4 Å². The Labute approximate surface area is 121 Å². The van der Waals surface area contributed by atoms with Crippen LogP contribution in [-0.2, 0) is 13.0 Å². The van der Waals surface area contributed by atoms with Gasteiger partial charge in [0.15, 0.2) is 0 Å². The molecule has 1 saturated heterocycles. The van der Waals surface area contributed by atoms with Crippen molar-refractivity contribution in [2.75, 3.05) is 18.8 Å². The molecule has 0 spiro atoms. The molecule has 0 radical (unpaired) electrons. The van der Waals surface area contributed by atoms with Crippen molar-refractivity contribution < 1.29 is 0 Å². The van der Waals surface area contributed by atoms with Crippen LogP contribution in [0.4, 0.5) is 5.69 Å². The predicted molar refractivity (Wildman–Crippen MR) is 84.4 cm³/mol. The fourth-order valence-electron chi connectivity index (χ4n) is 3.12. The van der Waals surface area contributed by atoms with E-state index in [1.807, 2.05) is 12.1 Å². The molecule has 0 bridgehead atoms. The van der Waals surface area contributed by atoms with Crippen molar-refractivity contribution in [3.05, 3.63) is 65.7 Å². The molecule has 1 heterocycles. The molecule has 2 aromatic carbocycles. The summed E-state index contributed by atoms with van der Waals surface area (Å²) >= 11 is 0. The van der Waals surface area contributed by atoms with Crippen LogP contribution >= 0.6 is 0 Å². The van der Waals surface area contributed by atoms with E-state index in [9.17, 15) is 0 Å². The highest BCUT2D eigenvalue weighted by Crippen LogP contribution is 2.22. The van der Waals surface area contributed by atoms with Gasteiger partial charge in [0.1, 0.15) is 0 Å². The van der Waals surface area contributed by atoms with Gasteiger partial charge < -0.3 is 5.73 Å². The van der Waals surface area contributed by atoms with Crippen molar-refractivity contribution in [1.29, 1.82) is 0 Å². The number of rotatable bonds is 4. The zero-order chi connectivity index (χ0) is 13.8. The van der Waals surface area contributed by atoms with Crippen LogP contribution in [0.25, 0.3) is 0 Å². The van der Waals surface area contributed by atoms with Crippen LogP contribution in [0.5, 0.6) is 0 Å². The average Bonchev–Trinajstić information content (AvgIpc) is 2.87. The maximum Gasteiger partial charge on any atom is 0.0317 e. The lowest BCUT2D eigenvalue weighted by atomic mass is 9.99. The molecular formula is C18H22N2. The Morgan fingerprint density at radius 1 is 1.00 bits per heavy atom. The minimum atomic E-state index is 0.790. The van der Waals surface area contributed by atoms with E-state index in [4.69, 9.17) is 5.73 Å². The number of nitrogens with two attached hydrogens (primary N) is 1. The molecule has 3 rings (SSSR count). The first-order chi connectivity index (χ1) is 9.79. The minimum absolute atomic E-state index is 0.790. The molecule has 1 unspecified atom stereocenters. The molecule has 0 aromatic heterocycles. The minimum Gasteiger partial charge on any atom is -0.399 e. The highest BCUT2D eigenvalue weighted by Gasteiger charge is 2.22. The molecule has 2 N–H and O–H groups in total. The summed E-state index contributed by atoms with van der Waals surface area (Å²) < 4.78 is 0. The molecule has 0 aliphatic carbocycles. The van der Waals surface area contributed by atoms with E-state index in [1.165, 1.54) is 37.1 Å². The van der Waals surface area contributed by atoms with Crippen LogP contribution in [0, 0.1) is 5.92 Å². The molecule has 104 valence electrons. The second kappa shape index (κ2) is 6.10. The number of benzene rings is 2. The Bertz CT molecular complexity index is 550. The fraction of sp³-hybridized carbons (Fsp3) is 0.333. The summed E-state index contributed by atoms with van der Waals surface area (Å²) in [5, 5.41) is 0. The predicted octanol–water partition coefficient (Wildman–Crippen LogP) is 3.33. The van der Waals surface area contributed by atoms with Crippen LogP contribution in [0.2, 0.25) is 0 Å². The lowest BCUT2D eigenvalue weighted by molar-refractivity contribution is 0.316. The molecule has 0 saturated carbocycles. The molecule has 1 aliphatic rings. The van der Waals surface area contributed by atoms with Gasteiger partial charge in [0.05, 0.1) is 0 Å². The van der Waals surface area contributed by atoms with Gasteiger partial charge in [-0.15, -0.1) is 0 Å². The van der Waals surface area contributed by atoms with Crippen LogP contribution in [0.1, 0.15) is 17.5 Å². The third-order valence-corrected chi connectivity index (χ3v) is 4.09. The summed E-state index contributed by atoms with van der Waals surface area (Å²) in [5.41, 5.74) is 9.49. The Morgan fingerprint density at radius 3 is 2.60 bits per heavy atom. The van der Waals surface area contributed by atoms with E-state index < -0.39 is 0 Å². The van der Waals surface area contributed by atoms with Gasteiger partial charge in [-0.3, -0.25) is 4.90 Å². The number of hydrogen-bond acceptors (Lipinski definition) is 2. The summed E-state index contributed by atoms with van der Waals surface area (Å²) in [6.07, 6.45) is 2.51. The quantitative estimate of drug-likeness (QED) is 0.860. The number of anilines is 1. The maximum atomic E-state index is 5.84. The number of nitrogen functional groups attached to an aromatic ring is 1. The van der Waals surface area contributed by atoms with Crippen LogP contribution in [0.3, 0.4) is 0 Å². The summed E-state index contributed by atoms with van der Waals surface area (Å²) in [6, 6.07) is 19.1. The lowest BCUT2D eigenvalue weighted by Crippen LogP contribution is -2.20. The number of hydrogen-bond donors (Lipinski definition) is 1. The topological polar surface area (TPSA) is 29.3 Å². The van der Waals surface area contributed by atoms with Crippen LogP contribution in [-0.4, -0.2) is 18.0 Å². The van der Waals surface area contributed by atoms with Crippen molar-refractivity contribution in [1.82, 2.24) is 4.90 Å². The normalized spacial score (nSPS) is 19.3. The summed E-state index contributed by atoms with van der Waals surface area (Å²) in [4.78, 5) is 2.54. The summed E-state index contributed by atoms with van der Waals surface area (Å²) in [7, 11) is 0. The Kier molecular flexibility index (Phi) is 4.03. The van der Waals surface area contributed by atoms with Gasteiger partial charge in [0.25, 0.3) is 0 Å². The second-order valence-corrected chi connectivity index (χ2v) is 5.82.